The fraction of sp³-hybridized carbons (Fsp3) is 0.312. The highest BCUT2D eigenvalue weighted by Gasteiger charge is 2.13. The molecule has 3 heteroatoms. The lowest BCUT2D eigenvalue weighted by atomic mass is 10.1. The molecule has 0 atom stereocenters. The smallest absolute Gasteiger partial charge is 0.253 e. The monoisotopic (exact) mass is 256 g/mol. The van der Waals surface area contributed by atoms with Crippen LogP contribution in [0.25, 0.3) is 0 Å². The van der Waals surface area contributed by atoms with E-state index in [0.717, 1.165) is 22.5 Å². The molecule has 0 saturated carbocycles. The number of rotatable bonds is 3. The number of nitrogens with zero attached hydrogens (tertiary/aromatic N) is 1. The van der Waals surface area contributed by atoms with E-state index in [1.807, 2.05) is 49.7 Å². The van der Waals surface area contributed by atoms with Crippen LogP contribution in [0, 0.1) is 20.8 Å². The molecule has 2 rings (SSSR count). The molecule has 0 saturated heterocycles. The van der Waals surface area contributed by atoms with Crippen molar-refractivity contribution in [2.75, 3.05) is 0 Å². The van der Waals surface area contributed by atoms with E-state index in [1.54, 1.807) is 0 Å². The van der Waals surface area contributed by atoms with Crippen molar-refractivity contribution >= 4 is 5.91 Å². The van der Waals surface area contributed by atoms with Crippen molar-refractivity contribution in [3.8, 4) is 0 Å². The van der Waals surface area contributed by atoms with Gasteiger partial charge in [-0.3, -0.25) is 4.79 Å². The summed E-state index contributed by atoms with van der Waals surface area (Å²) in [6.07, 6.45) is 0. The minimum Gasteiger partial charge on any atom is -0.351 e. The summed E-state index contributed by atoms with van der Waals surface area (Å²) in [5, 5.41) is 2.99. The number of hydrogen-bond acceptors (Lipinski definition) is 1. The first-order valence-corrected chi connectivity index (χ1v) is 6.46. The molecule has 0 unspecified atom stereocenters. The van der Waals surface area contributed by atoms with Crippen molar-refractivity contribution in [3.05, 3.63) is 58.4 Å². The molecular formula is C16H20N2O. The summed E-state index contributed by atoms with van der Waals surface area (Å²) in [6, 6.07) is 10.0. The highest BCUT2D eigenvalue weighted by atomic mass is 16.1. The quantitative estimate of drug-likeness (QED) is 0.900. The van der Waals surface area contributed by atoms with Crippen molar-refractivity contribution in [2.45, 2.75) is 27.3 Å². The van der Waals surface area contributed by atoms with Crippen LogP contribution in [0.2, 0.25) is 0 Å². The first-order chi connectivity index (χ1) is 9.00. The first-order valence-electron chi connectivity index (χ1n) is 6.46. The average Bonchev–Trinajstić information content (AvgIpc) is 2.65. The maximum Gasteiger partial charge on any atom is 0.253 e. The van der Waals surface area contributed by atoms with Crippen LogP contribution >= 0.6 is 0 Å². The average molecular weight is 256 g/mol. The molecule has 1 N–H and O–H groups in total. The van der Waals surface area contributed by atoms with Crippen LogP contribution in [0.1, 0.15) is 32.9 Å². The van der Waals surface area contributed by atoms with Gasteiger partial charge in [-0.15, -0.1) is 0 Å². The maximum absolute atomic E-state index is 12.2. The van der Waals surface area contributed by atoms with Crippen LogP contribution < -0.4 is 5.32 Å². The minimum absolute atomic E-state index is 0.00977. The lowest BCUT2D eigenvalue weighted by Gasteiger charge is -2.08. The van der Waals surface area contributed by atoms with Gasteiger partial charge in [0.1, 0.15) is 0 Å². The second kappa shape index (κ2) is 5.31. The molecule has 1 aromatic heterocycles. The number of amides is 1. The summed E-state index contributed by atoms with van der Waals surface area (Å²) in [5.74, 6) is -0.00977. The Kier molecular flexibility index (Phi) is 3.74. The molecule has 0 aliphatic carbocycles. The second-order valence-electron chi connectivity index (χ2n) is 4.95. The molecule has 0 fully saturated rings. The molecule has 0 bridgehead atoms. The number of carbonyl (C=O) groups is 1. The fourth-order valence-electron chi connectivity index (χ4n) is 2.16. The fourth-order valence-corrected chi connectivity index (χ4v) is 2.16. The summed E-state index contributed by atoms with van der Waals surface area (Å²) in [5.41, 5.74) is 5.21. The zero-order chi connectivity index (χ0) is 14.0. The van der Waals surface area contributed by atoms with Gasteiger partial charge in [0.15, 0.2) is 0 Å². The molecule has 3 nitrogen and oxygen atoms in total. The number of hydrogen-bond donors (Lipinski definition) is 1. The van der Waals surface area contributed by atoms with E-state index in [4.69, 9.17) is 0 Å². The molecule has 0 spiro atoms. The van der Waals surface area contributed by atoms with E-state index in [0.29, 0.717) is 6.54 Å². The normalized spacial score (nSPS) is 10.5. The van der Waals surface area contributed by atoms with Crippen molar-refractivity contribution in [1.82, 2.24) is 9.88 Å². The van der Waals surface area contributed by atoms with Gasteiger partial charge in [-0.1, -0.05) is 24.3 Å². The van der Waals surface area contributed by atoms with Crippen LogP contribution in [-0.4, -0.2) is 10.5 Å². The standard InChI is InChI=1S/C16H20N2O/c1-11-7-5-6-8-14(11)10-17-16(19)15-9-12(2)18(4)13(15)3/h5-9H,10H2,1-4H3,(H,17,19). The van der Waals surface area contributed by atoms with Gasteiger partial charge in [-0.2, -0.15) is 0 Å². The number of nitrogens with one attached hydrogen (secondary N) is 1. The van der Waals surface area contributed by atoms with Crippen molar-refractivity contribution < 1.29 is 4.79 Å². The van der Waals surface area contributed by atoms with Crippen LogP contribution in [-0.2, 0) is 13.6 Å². The highest BCUT2D eigenvalue weighted by Crippen LogP contribution is 2.13. The van der Waals surface area contributed by atoms with Gasteiger partial charge >= 0.3 is 0 Å². The van der Waals surface area contributed by atoms with Gasteiger partial charge in [0.05, 0.1) is 5.56 Å². The molecule has 1 heterocycles. The van der Waals surface area contributed by atoms with Gasteiger partial charge in [0.25, 0.3) is 5.91 Å². The molecular weight excluding hydrogens is 236 g/mol. The van der Waals surface area contributed by atoms with Crippen LogP contribution in [0.15, 0.2) is 30.3 Å². The van der Waals surface area contributed by atoms with Crippen LogP contribution in [0.5, 0.6) is 0 Å². The number of aromatic nitrogens is 1. The van der Waals surface area contributed by atoms with E-state index < -0.39 is 0 Å². The predicted octanol–water partition coefficient (Wildman–Crippen LogP) is 2.88. The Hall–Kier alpha value is -2.03. The Balaban J connectivity index is 2.10. The van der Waals surface area contributed by atoms with Gasteiger partial charge < -0.3 is 9.88 Å². The summed E-state index contributed by atoms with van der Waals surface area (Å²) in [6.45, 7) is 6.60. The molecule has 1 aromatic carbocycles. The zero-order valence-corrected chi connectivity index (χ0v) is 11.9. The van der Waals surface area contributed by atoms with Crippen LogP contribution in [0.4, 0.5) is 0 Å². The summed E-state index contributed by atoms with van der Waals surface area (Å²) < 4.78 is 2.03. The zero-order valence-electron chi connectivity index (χ0n) is 11.9. The Labute approximate surface area is 114 Å². The van der Waals surface area contributed by atoms with E-state index in [-0.39, 0.29) is 5.91 Å². The summed E-state index contributed by atoms with van der Waals surface area (Å²) >= 11 is 0. The molecule has 0 radical (unpaired) electrons. The molecule has 0 aliphatic rings. The number of carbonyl (C=O) groups excluding carboxylic acids is 1. The van der Waals surface area contributed by atoms with E-state index in [9.17, 15) is 4.79 Å². The number of benzene rings is 1. The lowest BCUT2D eigenvalue weighted by molar-refractivity contribution is 0.0950. The summed E-state index contributed by atoms with van der Waals surface area (Å²) in [4.78, 5) is 12.2. The molecule has 1 amide bonds. The molecule has 0 aliphatic heterocycles. The predicted molar refractivity (Wildman–Crippen MR) is 77.2 cm³/mol. The maximum atomic E-state index is 12.2. The third-order valence-electron chi connectivity index (χ3n) is 3.72. The second-order valence-corrected chi connectivity index (χ2v) is 4.95. The Morgan fingerprint density at radius 2 is 1.89 bits per heavy atom. The van der Waals surface area contributed by atoms with Gasteiger partial charge in [0.2, 0.25) is 0 Å². The third-order valence-corrected chi connectivity index (χ3v) is 3.72. The highest BCUT2D eigenvalue weighted by molar-refractivity contribution is 5.95. The first kappa shape index (κ1) is 13.4. The van der Waals surface area contributed by atoms with E-state index in [2.05, 4.69) is 18.3 Å². The van der Waals surface area contributed by atoms with Crippen LogP contribution in [0.3, 0.4) is 0 Å². The Bertz CT molecular complexity index is 611. The molecule has 2 aromatic rings. The number of aryl methyl sites for hydroxylation is 2. The summed E-state index contributed by atoms with van der Waals surface area (Å²) in [7, 11) is 1.97. The third kappa shape index (κ3) is 2.70. The topological polar surface area (TPSA) is 34.0 Å². The Morgan fingerprint density at radius 3 is 2.47 bits per heavy atom. The van der Waals surface area contributed by atoms with E-state index in [1.165, 1.54) is 5.56 Å². The van der Waals surface area contributed by atoms with Gasteiger partial charge in [-0.05, 0) is 38.0 Å². The minimum atomic E-state index is -0.00977. The van der Waals surface area contributed by atoms with Crippen molar-refractivity contribution in [1.29, 1.82) is 0 Å². The largest absolute Gasteiger partial charge is 0.351 e. The SMILES string of the molecule is Cc1ccccc1CNC(=O)c1cc(C)n(C)c1C. The van der Waals surface area contributed by atoms with E-state index >= 15 is 0 Å². The van der Waals surface area contributed by atoms with Gasteiger partial charge in [0, 0.05) is 25.0 Å². The van der Waals surface area contributed by atoms with Crippen molar-refractivity contribution in [2.24, 2.45) is 7.05 Å². The molecule has 19 heavy (non-hydrogen) atoms. The lowest BCUT2D eigenvalue weighted by Crippen LogP contribution is -2.23. The Morgan fingerprint density at radius 1 is 1.21 bits per heavy atom. The molecule has 100 valence electrons. The van der Waals surface area contributed by atoms with Crippen molar-refractivity contribution in [3.63, 3.8) is 0 Å². The van der Waals surface area contributed by atoms with Gasteiger partial charge in [-0.25, -0.2) is 0 Å².